The van der Waals surface area contributed by atoms with Crippen LogP contribution in [0.3, 0.4) is 0 Å². The van der Waals surface area contributed by atoms with Gasteiger partial charge in [-0.2, -0.15) is 0 Å². The lowest BCUT2D eigenvalue weighted by molar-refractivity contribution is -0.131. The van der Waals surface area contributed by atoms with Crippen LogP contribution in [-0.2, 0) is 4.79 Å². The molecule has 0 saturated carbocycles. The summed E-state index contributed by atoms with van der Waals surface area (Å²) in [6.45, 7) is 1.34. The number of halogens is 5. The Morgan fingerprint density at radius 1 is 1.25 bits per heavy atom. The van der Waals surface area contributed by atoms with Crippen LogP contribution in [0.15, 0.2) is 0 Å². The molecule has 0 aliphatic carbocycles. The number of thioether (sulfide) groups is 1. The molecule has 0 amide bonds. The first-order valence-corrected chi connectivity index (χ1v) is 5.69. The van der Waals surface area contributed by atoms with E-state index in [1.54, 1.807) is 0 Å². The number of unbranched alkanes of at least 4 members (excludes halogenated alkanes) is 1. The van der Waals surface area contributed by atoms with Crippen LogP contribution in [-0.4, -0.2) is 29.4 Å². The summed E-state index contributed by atoms with van der Waals surface area (Å²) >= 11 is 0.971. The van der Waals surface area contributed by atoms with E-state index < -0.39 is 24.9 Å². The van der Waals surface area contributed by atoms with Gasteiger partial charge < -0.3 is 0 Å². The lowest BCUT2D eigenvalue weighted by atomic mass is 10.1. The molecule has 0 aliphatic rings. The summed E-state index contributed by atoms with van der Waals surface area (Å²) in [5.41, 5.74) is 0. The molecular formula is C9H13F5OS. The summed E-state index contributed by atoms with van der Waals surface area (Å²) < 4.78 is 61.2. The van der Waals surface area contributed by atoms with E-state index in [4.69, 9.17) is 0 Å². The third kappa shape index (κ3) is 6.30. The first-order chi connectivity index (χ1) is 7.27. The van der Waals surface area contributed by atoms with Crippen molar-refractivity contribution in [3.8, 4) is 0 Å². The van der Waals surface area contributed by atoms with Crippen LogP contribution in [0.4, 0.5) is 22.0 Å². The number of carbonyl (C=O) groups excluding carboxylic acids is 1. The predicted octanol–water partition coefficient (Wildman–Crippen LogP) is 3.67. The maximum Gasteiger partial charge on any atom is 0.284 e. The molecule has 0 fully saturated rings. The number of rotatable bonds is 7. The highest BCUT2D eigenvalue weighted by molar-refractivity contribution is 8.13. The third-order valence-corrected chi connectivity index (χ3v) is 2.73. The van der Waals surface area contributed by atoms with Gasteiger partial charge in [0.15, 0.2) is 5.12 Å². The van der Waals surface area contributed by atoms with E-state index in [0.29, 0.717) is 5.75 Å². The second-order valence-corrected chi connectivity index (χ2v) is 4.57. The SMILES string of the molecule is CC(=O)SCCCCC(F)(F)C(F)C(F)F. The molecule has 96 valence electrons. The molecule has 0 bridgehead atoms. The highest BCUT2D eigenvalue weighted by Crippen LogP contribution is 2.31. The van der Waals surface area contributed by atoms with Crippen molar-refractivity contribution in [3.05, 3.63) is 0 Å². The minimum Gasteiger partial charge on any atom is -0.288 e. The fraction of sp³-hybridized carbons (Fsp3) is 0.889. The van der Waals surface area contributed by atoms with Crippen molar-refractivity contribution < 1.29 is 26.7 Å². The van der Waals surface area contributed by atoms with E-state index in [0.717, 1.165) is 11.8 Å². The molecule has 16 heavy (non-hydrogen) atoms. The van der Waals surface area contributed by atoms with E-state index >= 15 is 0 Å². The first-order valence-electron chi connectivity index (χ1n) is 4.71. The van der Waals surface area contributed by atoms with Crippen LogP contribution < -0.4 is 0 Å². The van der Waals surface area contributed by atoms with Crippen LogP contribution in [0, 0.1) is 0 Å². The van der Waals surface area contributed by atoms with Crippen molar-refractivity contribution in [3.63, 3.8) is 0 Å². The van der Waals surface area contributed by atoms with E-state index in [9.17, 15) is 26.7 Å². The monoisotopic (exact) mass is 264 g/mol. The molecule has 1 atom stereocenters. The smallest absolute Gasteiger partial charge is 0.284 e. The molecule has 0 spiro atoms. The largest absolute Gasteiger partial charge is 0.288 e. The quantitative estimate of drug-likeness (QED) is 0.515. The molecule has 0 radical (unpaired) electrons. The van der Waals surface area contributed by atoms with Crippen molar-refractivity contribution in [2.45, 2.75) is 44.7 Å². The second kappa shape index (κ2) is 7.09. The molecule has 0 saturated heterocycles. The van der Waals surface area contributed by atoms with E-state index in [2.05, 4.69) is 0 Å². The summed E-state index contributed by atoms with van der Waals surface area (Å²) in [4.78, 5) is 10.5. The van der Waals surface area contributed by atoms with Crippen LogP contribution in [0.1, 0.15) is 26.2 Å². The van der Waals surface area contributed by atoms with Gasteiger partial charge in [0, 0.05) is 19.1 Å². The molecule has 0 aromatic carbocycles. The molecule has 0 N–H and O–H groups in total. The Balaban J connectivity index is 3.78. The molecular weight excluding hydrogens is 251 g/mol. The molecule has 0 rings (SSSR count). The Kier molecular flexibility index (Phi) is 6.94. The summed E-state index contributed by atoms with van der Waals surface area (Å²) in [6.07, 6.45) is -7.80. The number of carbonyl (C=O) groups is 1. The Hall–Kier alpha value is -0.330. The molecule has 0 heterocycles. The Morgan fingerprint density at radius 2 is 1.81 bits per heavy atom. The predicted molar refractivity (Wildman–Crippen MR) is 52.8 cm³/mol. The lowest BCUT2D eigenvalue weighted by Gasteiger charge is -2.19. The highest BCUT2D eigenvalue weighted by atomic mass is 32.2. The van der Waals surface area contributed by atoms with Crippen LogP contribution >= 0.6 is 11.8 Å². The normalized spacial score (nSPS) is 14.2. The summed E-state index contributed by atoms with van der Waals surface area (Å²) in [5.74, 6) is -3.65. The third-order valence-electron chi connectivity index (χ3n) is 1.83. The van der Waals surface area contributed by atoms with Gasteiger partial charge in [0.1, 0.15) is 0 Å². The van der Waals surface area contributed by atoms with Crippen molar-refractivity contribution in [1.29, 1.82) is 0 Å². The molecule has 7 heteroatoms. The maximum atomic E-state index is 12.7. The zero-order valence-electron chi connectivity index (χ0n) is 8.69. The molecule has 0 aliphatic heterocycles. The second-order valence-electron chi connectivity index (χ2n) is 3.29. The summed E-state index contributed by atoms with van der Waals surface area (Å²) in [6, 6.07) is 0. The zero-order valence-corrected chi connectivity index (χ0v) is 9.51. The van der Waals surface area contributed by atoms with Crippen LogP contribution in [0.25, 0.3) is 0 Å². The van der Waals surface area contributed by atoms with Crippen LogP contribution in [0.5, 0.6) is 0 Å². The molecule has 1 nitrogen and oxygen atoms in total. The van der Waals surface area contributed by atoms with Gasteiger partial charge in [-0.1, -0.05) is 11.8 Å². The van der Waals surface area contributed by atoms with Crippen molar-refractivity contribution in [1.82, 2.24) is 0 Å². The Morgan fingerprint density at radius 3 is 2.25 bits per heavy atom. The van der Waals surface area contributed by atoms with Gasteiger partial charge in [0.05, 0.1) is 0 Å². The number of hydrogen-bond acceptors (Lipinski definition) is 2. The molecule has 0 aromatic rings. The number of alkyl halides is 5. The van der Waals surface area contributed by atoms with Crippen molar-refractivity contribution >= 4 is 16.9 Å². The fourth-order valence-corrected chi connectivity index (χ4v) is 1.64. The zero-order chi connectivity index (χ0) is 12.8. The molecule has 1 unspecified atom stereocenters. The van der Waals surface area contributed by atoms with Gasteiger partial charge >= 0.3 is 0 Å². The van der Waals surface area contributed by atoms with E-state index in [-0.39, 0.29) is 18.0 Å². The Bertz CT molecular complexity index is 222. The standard InChI is InChI=1S/C9H13F5OS/c1-6(15)16-5-3-2-4-9(13,14)7(10)8(11)12/h7-8H,2-5H2,1H3. The molecule has 0 aromatic heterocycles. The Labute approximate surface area is 94.8 Å². The van der Waals surface area contributed by atoms with Gasteiger partial charge in [0.25, 0.3) is 12.3 Å². The topological polar surface area (TPSA) is 17.1 Å². The van der Waals surface area contributed by atoms with Crippen molar-refractivity contribution in [2.75, 3.05) is 5.75 Å². The van der Waals surface area contributed by atoms with Gasteiger partial charge in [-0.3, -0.25) is 4.79 Å². The average Bonchev–Trinajstić information content (AvgIpc) is 2.15. The fourth-order valence-electron chi connectivity index (χ4n) is 1.00. The van der Waals surface area contributed by atoms with Crippen LogP contribution in [0.2, 0.25) is 0 Å². The van der Waals surface area contributed by atoms with Gasteiger partial charge in [-0.05, 0) is 12.8 Å². The van der Waals surface area contributed by atoms with E-state index in [1.807, 2.05) is 0 Å². The average molecular weight is 264 g/mol. The van der Waals surface area contributed by atoms with Gasteiger partial charge in [0.2, 0.25) is 6.17 Å². The minimum absolute atomic E-state index is 0.0829. The van der Waals surface area contributed by atoms with Gasteiger partial charge in [-0.15, -0.1) is 0 Å². The first kappa shape index (κ1) is 15.7. The number of hydrogen-bond donors (Lipinski definition) is 0. The summed E-state index contributed by atoms with van der Waals surface area (Å²) in [7, 11) is 0. The highest BCUT2D eigenvalue weighted by Gasteiger charge is 2.45. The van der Waals surface area contributed by atoms with Gasteiger partial charge in [-0.25, -0.2) is 22.0 Å². The minimum atomic E-state index is -3.99. The summed E-state index contributed by atoms with van der Waals surface area (Å²) in [5, 5.41) is -0.136. The van der Waals surface area contributed by atoms with Crippen molar-refractivity contribution in [2.24, 2.45) is 0 Å². The lowest BCUT2D eigenvalue weighted by Crippen LogP contribution is -2.35. The maximum absolute atomic E-state index is 12.7. The van der Waals surface area contributed by atoms with E-state index in [1.165, 1.54) is 6.92 Å².